The van der Waals surface area contributed by atoms with Gasteiger partial charge >= 0.3 is 0 Å². The van der Waals surface area contributed by atoms with E-state index < -0.39 is 11.9 Å². The second kappa shape index (κ2) is 8.39. The van der Waals surface area contributed by atoms with E-state index in [2.05, 4.69) is 31.0 Å². The number of aryl methyl sites for hydroxylation is 1. The first kappa shape index (κ1) is 21.8. The minimum atomic E-state index is -0.655. The molecule has 0 saturated heterocycles. The Balaban J connectivity index is 1.73. The fourth-order valence-corrected chi connectivity index (χ4v) is 5.42. The zero-order chi connectivity index (χ0) is 23.3. The van der Waals surface area contributed by atoms with Crippen LogP contribution in [-0.4, -0.2) is 16.1 Å². The zero-order valence-electron chi connectivity index (χ0n) is 18.5. The number of nitrogens with zero attached hydrogens (tertiary/aromatic N) is 3. The monoisotopic (exact) mass is 479 g/mol. The van der Waals surface area contributed by atoms with Gasteiger partial charge in [-0.15, -0.1) is 10.2 Å². The molecule has 1 aliphatic rings. The lowest BCUT2D eigenvalue weighted by Crippen LogP contribution is -2.29. The third-order valence-corrected chi connectivity index (χ3v) is 6.96. The molecule has 0 spiro atoms. The van der Waals surface area contributed by atoms with E-state index in [1.807, 2.05) is 24.3 Å². The summed E-state index contributed by atoms with van der Waals surface area (Å²) in [7, 11) is 0. The van der Waals surface area contributed by atoms with E-state index in [4.69, 9.17) is 16.0 Å². The number of aromatic nitrogens is 2. The molecule has 0 N–H and O–H groups in total. The van der Waals surface area contributed by atoms with Gasteiger partial charge in [-0.3, -0.25) is 14.5 Å². The normalized spacial score (nSPS) is 15.6. The Morgan fingerprint density at radius 2 is 1.88 bits per heavy atom. The van der Waals surface area contributed by atoms with Gasteiger partial charge in [-0.25, -0.2) is 0 Å². The van der Waals surface area contributed by atoms with E-state index in [0.29, 0.717) is 32.6 Å². The molecule has 8 heteroatoms. The lowest BCUT2D eigenvalue weighted by atomic mass is 9.97. The van der Waals surface area contributed by atoms with Crippen LogP contribution < -0.4 is 10.3 Å². The number of hydrogen-bond donors (Lipinski definition) is 0. The summed E-state index contributed by atoms with van der Waals surface area (Å²) in [5.74, 6) is 0.0590. The van der Waals surface area contributed by atoms with E-state index in [9.17, 15) is 9.59 Å². The fourth-order valence-electron chi connectivity index (χ4n) is 4.17. The summed E-state index contributed by atoms with van der Waals surface area (Å²) in [5.41, 5.74) is 2.35. The topological polar surface area (TPSA) is 76.3 Å². The molecule has 0 aliphatic carbocycles. The van der Waals surface area contributed by atoms with Gasteiger partial charge in [0.15, 0.2) is 5.43 Å². The van der Waals surface area contributed by atoms with Crippen LogP contribution in [0.25, 0.3) is 11.0 Å². The predicted octanol–water partition coefficient (Wildman–Crippen LogP) is 5.81. The molecule has 1 atom stereocenters. The number of hydrogen-bond acceptors (Lipinski definition) is 6. The van der Waals surface area contributed by atoms with Crippen molar-refractivity contribution < 1.29 is 9.21 Å². The van der Waals surface area contributed by atoms with Gasteiger partial charge in [0.1, 0.15) is 10.6 Å². The van der Waals surface area contributed by atoms with Crippen LogP contribution in [0.2, 0.25) is 5.02 Å². The maximum atomic E-state index is 13.6. The Hall–Kier alpha value is -3.03. The van der Waals surface area contributed by atoms with Crippen molar-refractivity contribution in [1.29, 1.82) is 0 Å². The molecule has 168 valence electrons. The minimum Gasteiger partial charge on any atom is -0.450 e. The smallest absolute Gasteiger partial charge is 0.297 e. The van der Waals surface area contributed by atoms with Gasteiger partial charge in [0, 0.05) is 11.4 Å². The number of fused-ring (bicyclic) bond motifs is 2. The first-order valence-corrected chi connectivity index (χ1v) is 12.1. The van der Waals surface area contributed by atoms with Gasteiger partial charge in [-0.05, 0) is 41.7 Å². The molecule has 0 radical (unpaired) electrons. The quantitative estimate of drug-likeness (QED) is 0.361. The summed E-state index contributed by atoms with van der Waals surface area (Å²) in [5, 5.41) is 10.7. The second-order valence-electron chi connectivity index (χ2n) is 8.56. The van der Waals surface area contributed by atoms with Gasteiger partial charge in [-0.2, -0.15) is 0 Å². The summed E-state index contributed by atoms with van der Waals surface area (Å²) in [6.07, 6.45) is 1.66. The number of carbonyl (C=O) groups excluding carboxylic acids is 1. The molecule has 5 rings (SSSR count). The van der Waals surface area contributed by atoms with E-state index in [1.54, 1.807) is 23.1 Å². The van der Waals surface area contributed by atoms with E-state index in [0.717, 1.165) is 23.4 Å². The van der Waals surface area contributed by atoms with Crippen molar-refractivity contribution in [1.82, 2.24) is 10.2 Å². The van der Waals surface area contributed by atoms with Crippen LogP contribution in [0.1, 0.15) is 59.1 Å². The van der Waals surface area contributed by atoms with E-state index in [-0.39, 0.29) is 11.2 Å². The first-order chi connectivity index (χ1) is 15.9. The molecule has 33 heavy (non-hydrogen) atoms. The molecule has 1 amide bonds. The highest BCUT2D eigenvalue weighted by atomic mass is 35.5. The molecule has 4 aromatic rings. The second-order valence-corrected chi connectivity index (χ2v) is 10.0. The standard InChI is InChI=1S/C25H22ClN3O3S/c1-4-14-5-7-15(8-6-14)21-20-22(30)17-12-16(26)9-10-18(17)32-23(20)24(31)29(21)25-28-27-19(33-25)11-13(2)3/h5-10,12-13,21H,4,11H2,1-3H3. The summed E-state index contributed by atoms with van der Waals surface area (Å²) in [4.78, 5) is 28.8. The van der Waals surface area contributed by atoms with Gasteiger partial charge in [0.25, 0.3) is 5.91 Å². The number of amides is 1. The van der Waals surface area contributed by atoms with Crippen molar-refractivity contribution >= 4 is 44.9 Å². The highest BCUT2D eigenvalue weighted by Crippen LogP contribution is 2.42. The third-order valence-electron chi connectivity index (χ3n) is 5.78. The number of benzene rings is 2. The number of rotatable bonds is 5. The summed E-state index contributed by atoms with van der Waals surface area (Å²) in [6.45, 7) is 6.29. The molecule has 2 aromatic heterocycles. The maximum absolute atomic E-state index is 13.6. The third kappa shape index (κ3) is 3.75. The van der Waals surface area contributed by atoms with Crippen LogP contribution in [-0.2, 0) is 12.8 Å². The summed E-state index contributed by atoms with van der Waals surface area (Å²) >= 11 is 7.52. The van der Waals surface area contributed by atoms with Gasteiger partial charge in [0.2, 0.25) is 10.9 Å². The van der Waals surface area contributed by atoms with Gasteiger partial charge in [-0.1, -0.05) is 68.0 Å². The van der Waals surface area contributed by atoms with Crippen LogP contribution in [0.4, 0.5) is 5.13 Å². The molecule has 1 aliphatic heterocycles. The van der Waals surface area contributed by atoms with Crippen molar-refractivity contribution in [2.75, 3.05) is 4.90 Å². The fraction of sp³-hybridized carbons (Fsp3) is 0.280. The Bertz CT molecular complexity index is 1430. The van der Waals surface area contributed by atoms with Gasteiger partial charge in [0.05, 0.1) is 17.0 Å². The van der Waals surface area contributed by atoms with Crippen molar-refractivity contribution in [3.05, 3.63) is 85.2 Å². The van der Waals surface area contributed by atoms with Crippen molar-refractivity contribution in [2.45, 2.75) is 39.7 Å². The highest BCUT2D eigenvalue weighted by molar-refractivity contribution is 7.15. The molecule has 0 saturated carbocycles. The number of carbonyl (C=O) groups is 1. The SMILES string of the molecule is CCc1ccc(C2c3c(oc4ccc(Cl)cc4c3=O)C(=O)N2c2nnc(CC(C)C)s2)cc1. The summed E-state index contributed by atoms with van der Waals surface area (Å²) in [6, 6.07) is 12.1. The molecule has 3 heterocycles. The molecule has 6 nitrogen and oxygen atoms in total. The van der Waals surface area contributed by atoms with Crippen LogP contribution in [0.3, 0.4) is 0 Å². The van der Waals surface area contributed by atoms with Crippen molar-refractivity contribution in [3.63, 3.8) is 0 Å². The maximum Gasteiger partial charge on any atom is 0.297 e. The minimum absolute atomic E-state index is 0.0417. The molecular formula is C25H22ClN3O3S. The lowest BCUT2D eigenvalue weighted by Gasteiger charge is -2.22. The van der Waals surface area contributed by atoms with Crippen LogP contribution in [0, 0.1) is 5.92 Å². The van der Waals surface area contributed by atoms with Crippen LogP contribution in [0.15, 0.2) is 51.7 Å². The Morgan fingerprint density at radius 3 is 2.58 bits per heavy atom. The Kier molecular flexibility index (Phi) is 5.54. The summed E-state index contributed by atoms with van der Waals surface area (Å²) < 4.78 is 5.98. The average molecular weight is 480 g/mol. The van der Waals surface area contributed by atoms with E-state index >= 15 is 0 Å². The number of anilines is 1. The zero-order valence-corrected chi connectivity index (χ0v) is 20.0. The lowest BCUT2D eigenvalue weighted by molar-refractivity contribution is 0.0970. The largest absolute Gasteiger partial charge is 0.450 e. The average Bonchev–Trinajstić information content (AvgIpc) is 3.36. The van der Waals surface area contributed by atoms with Crippen LogP contribution in [0.5, 0.6) is 0 Å². The number of halogens is 1. The Morgan fingerprint density at radius 1 is 1.12 bits per heavy atom. The highest BCUT2D eigenvalue weighted by Gasteiger charge is 2.45. The van der Waals surface area contributed by atoms with Crippen molar-refractivity contribution in [3.8, 4) is 0 Å². The predicted molar refractivity (Wildman–Crippen MR) is 130 cm³/mol. The van der Waals surface area contributed by atoms with Crippen LogP contribution >= 0.6 is 22.9 Å². The van der Waals surface area contributed by atoms with Gasteiger partial charge < -0.3 is 4.42 Å². The molecule has 2 aromatic carbocycles. The molecule has 0 fully saturated rings. The molecule has 0 bridgehead atoms. The molecule has 1 unspecified atom stereocenters. The first-order valence-electron chi connectivity index (χ1n) is 10.9. The van der Waals surface area contributed by atoms with E-state index in [1.165, 1.54) is 16.9 Å². The van der Waals surface area contributed by atoms with Crippen molar-refractivity contribution in [2.24, 2.45) is 5.92 Å². The molecular weight excluding hydrogens is 458 g/mol. The Labute approximate surface area is 199 Å².